The number of carbonyl (C=O) groups is 1. The van der Waals surface area contributed by atoms with Crippen LogP contribution >= 0.6 is 0 Å². The fourth-order valence-electron chi connectivity index (χ4n) is 3.08. The van der Waals surface area contributed by atoms with Gasteiger partial charge in [-0.15, -0.1) is 0 Å². The molecule has 29 heavy (non-hydrogen) atoms. The van der Waals surface area contributed by atoms with Crippen molar-refractivity contribution >= 4 is 18.5 Å². The molecule has 1 aromatic carbocycles. The second kappa shape index (κ2) is 9.08. The summed E-state index contributed by atoms with van der Waals surface area (Å²) in [5.41, 5.74) is 2.08. The Morgan fingerprint density at radius 1 is 1.38 bits per heavy atom. The van der Waals surface area contributed by atoms with Gasteiger partial charge in [0.05, 0.1) is 17.8 Å². The van der Waals surface area contributed by atoms with Crippen LogP contribution in [0.2, 0.25) is 0 Å². The summed E-state index contributed by atoms with van der Waals surface area (Å²) >= 11 is 0. The largest absolute Gasteiger partial charge is 0.486 e. The molecule has 2 atom stereocenters. The molecule has 0 spiro atoms. The SMILES string of the molecule is C=NC(=C(C)C)c1ccc(OC2CCN(C(=O)OC(C)(C)C)CC2F)c(C#N)c1. The molecule has 1 heterocycles. The maximum absolute atomic E-state index is 14.7. The van der Waals surface area contributed by atoms with Gasteiger partial charge in [0.1, 0.15) is 23.5 Å². The molecule has 2 rings (SSSR count). The number of piperidine rings is 1. The van der Waals surface area contributed by atoms with Gasteiger partial charge in [-0.1, -0.05) is 5.57 Å². The lowest BCUT2D eigenvalue weighted by Gasteiger charge is -2.35. The number of hydrogen-bond acceptors (Lipinski definition) is 5. The van der Waals surface area contributed by atoms with Crippen molar-refractivity contribution in [1.29, 1.82) is 5.26 Å². The first kappa shape index (κ1) is 22.4. The van der Waals surface area contributed by atoms with Crippen molar-refractivity contribution in [3.05, 3.63) is 34.9 Å². The van der Waals surface area contributed by atoms with E-state index in [0.29, 0.717) is 30.0 Å². The van der Waals surface area contributed by atoms with E-state index in [9.17, 15) is 14.4 Å². The fourth-order valence-corrected chi connectivity index (χ4v) is 3.08. The van der Waals surface area contributed by atoms with Crippen LogP contribution in [0.15, 0.2) is 28.8 Å². The van der Waals surface area contributed by atoms with E-state index in [1.54, 1.807) is 39.0 Å². The third-order valence-electron chi connectivity index (χ3n) is 4.42. The van der Waals surface area contributed by atoms with Crippen molar-refractivity contribution in [2.24, 2.45) is 4.99 Å². The molecule has 1 fully saturated rings. The van der Waals surface area contributed by atoms with Crippen LogP contribution in [0.3, 0.4) is 0 Å². The second-order valence-electron chi connectivity index (χ2n) is 8.22. The summed E-state index contributed by atoms with van der Waals surface area (Å²) in [4.78, 5) is 17.5. The van der Waals surface area contributed by atoms with E-state index in [0.717, 1.165) is 11.1 Å². The zero-order valence-electron chi connectivity index (χ0n) is 17.7. The molecule has 0 aliphatic carbocycles. The van der Waals surface area contributed by atoms with Gasteiger partial charge in [0, 0.05) is 18.5 Å². The minimum Gasteiger partial charge on any atom is -0.486 e. The number of allylic oxidation sites excluding steroid dienone is 1. The van der Waals surface area contributed by atoms with Crippen molar-refractivity contribution < 1.29 is 18.7 Å². The number of hydrogen-bond donors (Lipinski definition) is 0. The lowest BCUT2D eigenvalue weighted by Crippen LogP contribution is -2.50. The van der Waals surface area contributed by atoms with E-state index in [1.807, 2.05) is 13.8 Å². The number of aliphatic imine (C=N–C) groups is 1. The Morgan fingerprint density at radius 2 is 2.07 bits per heavy atom. The van der Waals surface area contributed by atoms with Gasteiger partial charge in [-0.2, -0.15) is 5.26 Å². The number of rotatable bonds is 4. The van der Waals surface area contributed by atoms with E-state index in [4.69, 9.17) is 9.47 Å². The molecule has 7 heteroatoms. The number of alkyl halides is 1. The van der Waals surface area contributed by atoms with Crippen molar-refractivity contribution in [2.45, 2.75) is 58.9 Å². The molecule has 0 bridgehead atoms. The third-order valence-corrected chi connectivity index (χ3v) is 4.42. The van der Waals surface area contributed by atoms with Gasteiger partial charge in [0.25, 0.3) is 0 Å². The van der Waals surface area contributed by atoms with Gasteiger partial charge in [-0.3, -0.25) is 4.99 Å². The van der Waals surface area contributed by atoms with E-state index in [2.05, 4.69) is 17.8 Å². The van der Waals surface area contributed by atoms with E-state index in [1.165, 1.54) is 4.90 Å². The summed E-state index contributed by atoms with van der Waals surface area (Å²) in [7, 11) is 0. The van der Waals surface area contributed by atoms with Crippen molar-refractivity contribution in [1.82, 2.24) is 4.90 Å². The molecule has 156 valence electrons. The number of amides is 1. The fraction of sp³-hybridized carbons (Fsp3) is 0.500. The highest BCUT2D eigenvalue weighted by atomic mass is 19.1. The molecule has 1 aliphatic heterocycles. The maximum atomic E-state index is 14.7. The topological polar surface area (TPSA) is 74.9 Å². The summed E-state index contributed by atoms with van der Waals surface area (Å²) in [5, 5.41) is 9.50. The normalized spacial score (nSPS) is 19.1. The molecule has 6 nitrogen and oxygen atoms in total. The molecule has 0 saturated carbocycles. The standard InChI is InChI=1S/C22H28FN3O3/c1-14(2)20(25-6)15-7-8-18(16(11-15)12-24)28-19-9-10-26(13-17(19)23)21(27)29-22(3,4)5/h7-8,11,17,19H,6,9-10,13H2,1-5H3. The first-order chi connectivity index (χ1) is 13.6. The number of nitriles is 1. The monoisotopic (exact) mass is 401 g/mol. The first-order valence-corrected chi connectivity index (χ1v) is 9.53. The number of ether oxygens (including phenoxy) is 2. The van der Waals surface area contributed by atoms with Gasteiger partial charge in [0.15, 0.2) is 6.17 Å². The molecule has 1 saturated heterocycles. The van der Waals surface area contributed by atoms with Crippen LogP contribution in [0.1, 0.15) is 52.2 Å². The Morgan fingerprint density at radius 3 is 2.59 bits per heavy atom. The van der Waals surface area contributed by atoms with E-state index >= 15 is 0 Å². The summed E-state index contributed by atoms with van der Waals surface area (Å²) < 4.78 is 25.8. The van der Waals surface area contributed by atoms with Crippen molar-refractivity contribution in [2.75, 3.05) is 13.1 Å². The van der Waals surface area contributed by atoms with Crippen LogP contribution in [0.4, 0.5) is 9.18 Å². The van der Waals surface area contributed by atoms with E-state index < -0.39 is 24.0 Å². The smallest absolute Gasteiger partial charge is 0.410 e. The van der Waals surface area contributed by atoms with Crippen LogP contribution in [0.25, 0.3) is 5.70 Å². The Bertz CT molecular complexity index is 848. The van der Waals surface area contributed by atoms with Gasteiger partial charge >= 0.3 is 6.09 Å². The number of nitrogens with zero attached hydrogens (tertiary/aromatic N) is 3. The highest BCUT2D eigenvalue weighted by molar-refractivity contribution is 5.72. The van der Waals surface area contributed by atoms with Gasteiger partial charge in [-0.05, 0) is 59.5 Å². The Labute approximate surface area is 171 Å². The Balaban J connectivity index is 2.11. The third kappa shape index (κ3) is 5.80. The Hall–Kier alpha value is -2.88. The number of benzene rings is 1. The van der Waals surface area contributed by atoms with Gasteiger partial charge in [-0.25, -0.2) is 9.18 Å². The van der Waals surface area contributed by atoms with Crippen LogP contribution in [-0.4, -0.2) is 48.7 Å². The molecule has 0 N–H and O–H groups in total. The molecule has 1 aromatic rings. The van der Waals surface area contributed by atoms with Crippen LogP contribution < -0.4 is 4.74 Å². The lowest BCUT2D eigenvalue weighted by molar-refractivity contribution is -0.0106. The maximum Gasteiger partial charge on any atom is 0.410 e. The zero-order chi connectivity index (χ0) is 21.8. The van der Waals surface area contributed by atoms with Crippen molar-refractivity contribution in [3.63, 3.8) is 0 Å². The van der Waals surface area contributed by atoms with E-state index in [-0.39, 0.29) is 6.54 Å². The molecule has 1 amide bonds. The van der Waals surface area contributed by atoms with Crippen LogP contribution in [-0.2, 0) is 4.74 Å². The summed E-state index contributed by atoms with van der Waals surface area (Å²) in [6.07, 6.45) is -2.36. The summed E-state index contributed by atoms with van der Waals surface area (Å²) in [6.45, 7) is 12.9. The van der Waals surface area contributed by atoms with Crippen molar-refractivity contribution in [3.8, 4) is 11.8 Å². The number of carbonyl (C=O) groups excluding carboxylic acids is 1. The molecule has 0 radical (unpaired) electrons. The average molecular weight is 401 g/mol. The van der Waals surface area contributed by atoms with Gasteiger partial charge in [0.2, 0.25) is 0 Å². The molecule has 2 unspecified atom stereocenters. The predicted molar refractivity (Wildman–Crippen MR) is 111 cm³/mol. The number of likely N-dealkylation sites (tertiary alicyclic amines) is 1. The molecular formula is C22H28FN3O3. The van der Waals surface area contributed by atoms with Gasteiger partial charge < -0.3 is 14.4 Å². The Kier molecular flexibility index (Phi) is 7.02. The minimum absolute atomic E-state index is 0.109. The number of halogens is 1. The second-order valence-corrected chi connectivity index (χ2v) is 8.22. The first-order valence-electron chi connectivity index (χ1n) is 9.53. The molecule has 0 aromatic heterocycles. The lowest BCUT2D eigenvalue weighted by atomic mass is 10.0. The molecular weight excluding hydrogens is 373 g/mol. The quantitative estimate of drug-likeness (QED) is 0.683. The summed E-state index contributed by atoms with van der Waals surface area (Å²) in [5.74, 6) is 0.312. The highest BCUT2D eigenvalue weighted by Crippen LogP contribution is 2.29. The zero-order valence-corrected chi connectivity index (χ0v) is 17.7. The van der Waals surface area contributed by atoms with Crippen LogP contribution in [0, 0.1) is 11.3 Å². The van der Waals surface area contributed by atoms with Crippen LogP contribution in [0.5, 0.6) is 5.75 Å². The molecule has 1 aliphatic rings. The minimum atomic E-state index is -1.38. The highest BCUT2D eigenvalue weighted by Gasteiger charge is 2.35. The predicted octanol–water partition coefficient (Wildman–Crippen LogP) is 4.74. The summed E-state index contributed by atoms with van der Waals surface area (Å²) in [6, 6.07) is 7.18. The average Bonchev–Trinajstić information content (AvgIpc) is 2.63.